The van der Waals surface area contributed by atoms with Crippen LogP contribution in [0.15, 0.2) is 24.4 Å². The molecule has 0 aliphatic rings. The lowest BCUT2D eigenvalue weighted by molar-refractivity contribution is -0.156. The summed E-state index contributed by atoms with van der Waals surface area (Å²) < 4.78 is 17.9. The van der Waals surface area contributed by atoms with Gasteiger partial charge in [0.1, 0.15) is 12.4 Å². The van der Waals surface area contributed by atoms with Gasteiger partial charge in [-0.3, -0.25) is 14.2 Å². The van der Waals surface area contributed by atoms with Crippen LogP contribution in [-0.2, 0) is 25.5 Å². The summed E-state index contributed by atoms with van der Waals surface area (Å²) in [5.41, 5.74) is 0.756. The van der Waals surface area contributed by atoms with Crippen LogP contribution in [0.5, 0.6) is 5.75 Å². The first-order chi connectivity index (χ1) is 15.8. The largest absolute Gasteiger partial charge is 0.497 e. The normalized spacial score (nSPS) is 11.6. The van der Waals surface area contributed by atoms with E-state index >= 15 is 0 Å². The van der Waals surface area contributed by atoms with Crippen molar-refractivity contribution >= 4 is 29.4 Å². The lowest BCUT2D eigenvalue weighted by atomic mass is 9.95. The van der Waals surface area contributed by atoms with E-state index in [9.17, 15) is 9.59 Å². The number of esters is 1. The molecule has 0 radical (unpaired) electrons. The SMILES string of the molecule is COc1ccc2c(c1)c(CCN(C)C)cn2C(=O)OCC(C)(C)COC(=O)C(C)(C)C.O=CO. The summed E-state index contributed by atoms with van der Waals surface area (Å²) in [6.07, 6.45) is 2.18. The van der Waals surface area contributed by atoms with Crippen molar-refractivity contribution in [1.82, 2.24) is 9.47 Å². The Morgan fingerprint density at radius 1 is 1.09 bits per heavy atom. The van der Waals surface area contributed by atoms with Crippen LogP contribution in [0, 0.1) is 10.8 Å². The van der Waals surface area contributed by atoms with Crippen LogP contribution in [-0.4, -0.2) is 74.1 Å². The molecule has 0 unspecified atom stereocenters. The van der Waals surface area contributed by atoms with Crippen LogP contribution in [0.4, 0.5) is 4.79 Å². The van der Waals surface area contributed by atoms with E-state index in [0.29, 0.717) is 0 Å². The minimum atomic E-state index is -0.569. The summed E-state index contributed by atoms with van der Waals surface area (Å²) in [5.74, 6) is 0.467. The van der Waals surface area contributed by atoms with E-state index in [4.69, 9.17) is 24.1 Å². The Bertz CT molecular complexity index is 972. The second kappa shape index (κ2) is 12.4. The molecule has 0 bridgehead atoms. The second-order valence-corrected chi connectivity index (χ2v) is 10.1. The molecule has 0 saturated heterocycles. The number of fused-ring (bicyclic) bond motifs is 1. The van der Waals surface area contributed by atoms with Crippen LogP contribution in [0.3, 0.4) is 0 Å². The number of methoxy groups -OCH3 is 1. The maximum atomic E-state index is 12.9. The Labute approximate surface area is 201 Å². The van der Waals surface area contributed by atoms with Gasteiger partial charge < -0.3 is 24.2 Å². The molecule has 0 aliphatic carbocycles. The first kappa shape index (κ1) is 29.0. The number of carbonyl (C=O) groups is 3. The summed E-state index contributed by atoms with van der Waals surface area (Å²) in [4.78, 5) is 35.4. The Kier molecular flexibility index (Phi) is 10.6. The minimum absolute atomic E-state index is 0.131. The van der Waals surface area contributed by atoms with Gasteiger partial charge in [-0.15, -0.1) is 0 Å². The number of likely N-dealkylation sites (N-methyl/N-ethyl adjacent to an activating group) is 1. The molecule has 1 aromatic heterocycles. The van der Waals surface area contributed by atoms with Gasteiger partial charge in [-0.2, -0.15) is 0 Å². The molecule has 34 heavy (non-hydrogen) atoms. The number of ether oxygens (including phenoxy) is 3. The number of carbonyl (C=O) groups excluding carboxylic acids is 2. The maximum Gasteiger partial charge on any atom is 0.418 e. The van der Waals surface area contributed by atoms with Gasteiger partial charge in [0.05, 0.1) is 24.6 Å². The zero-order chi connectivity index (χ0) is 26.1. The van der Waals surface area contributed by atoms with Crippen LogP contribution < -0.4 is 4.74 Å². The van der Waals surface area contributed by atoms with E-state index in [1.807, 2.05) is 73.1 Å². The van der Waals surface area contributed by atoms with E-state index in [1.54, 1.807) is 7.11 Å². The quantitative estimate of drug-likeness (QED) is 0.447. The topological polar surface area (TPSA) is 107 Å². The fourth-order valence-electron chi connectivity index (χ4n) is 2.94. The summed E-state index contributed by atoms with van der Waals surface area (Å²) in [7, 11) is 5.66. The first-order valence-corrected chi connectivity index (χ1v) is 11.0. The van der Waals surface area contributed by atoms with Crippen LogP contribution in [0.1, 0.15) is 40.2 Å². The molecule has 2 rings (SSSR count). The predicted octanol–water partition coefficient (Wildman–Crippen LogP) is 4.06. The fraction of sp³-hybridized carbons (Fsp3) is 0.560. The van der Waals surface area contributed by atoms with Gasteiger partial charge in [-0.25, -0.2) is 4.79 Å². The number of benzene rings is 1. The Balaban J connectivity index is 0.00000182. The molecule has 0 aliphatic heterocycles. The molecule has 0 saturated carbocycles. The Morgan fingerprint density at radius 3 is 2.21 bits per heavy atom. The molecular weight excluding hydrogens is 440 g/mol. The number of carboxylic acid groups (broad SMARTS) is 1. The highest BCUT2D eigenvalue weighted by Gasteiger charge is 2.28. The van der Waals surface area contributed by atoms with Crippen molar-refractivity contribution < 1.29 is 33.7 Å². The van der Waals surface area contributed by atoms with Crippen molar-refractivity contribution in [2.75, 3.05) is 41.0 Å². The molecule has 1 aromatic carbocycles. The zero-order valence-corrected chi connectivity index (χ0v) is 21.5. The average molecular weight is 479 g/mol. The summed E-state index contributed by atoms with van der Waals surface area (Å²) in [5, 5.41) is 7.86. The average Bonchev–Trinajstić information content (AvgIpc) is 3.12. The molecule has 0 atom stereocenters. The van der Waals surface area contributed by atoms with E-state index in [2.05, 4.69) is 4.90 Å². The maximum absolute atomic E-state index is 12.9. The van der Waals surface area contributed by atoms with E-state index < -0.39 is 16.9 Å². The van der Waals surface area contributed by atoms with Gasteiger partial charge >= 0.3 is 12.1 Å². The fourth-order valence-corrected chi connectivity index (χ4v) is 2.94. The molecule has 0 fully saturated rings. The third kappa shape index (κ3) is 8.70. The highest BCUT2D eigenvalue weighted by molar-refractivity contribution is 5.92. The van der Waals surface area contributed by atoms with Crippen LogP contribution in [0.25, 0.3) is 10.9 Å². The number of nitrogens with zero attached hydrogens (tertiary/aromatic N) is 2. The van der Waals surface area contributed by atoms with E-state index in [-0.39, 0.29) is 25.7 Å². The van der Waals surface area contributed by atoms with Crippen molar-refractivity contribution in [1.29, 1.82) is 0 Å². The van der Waals surface area contributed by atoms with Gasteiger partial charge in [-0.05, 0) is 65.0 Å². The molecule has 9 heteroatoms. The van der Waals surface area contributed by atoms with Crippen molar-refractivity contribution in [2.45, 2.75) is 41.0 Å². The highest BCUT2D eigenvalue weighted by atomic mass is 16.6. The first-order valence-electron chi connectivity index (χ1n) is 11.0. The standard InChI is InChI=1S/C24H36N2O5.CH2O2/c1-23(2,3)21(27)30-15-24(4,5)16-31-22(28)26-14-17(11-12-25(6)7)19-13-18(29-8)9-10-20(19)26;2-1-3/h9-10,13-14H,11-12,15-16H2,1-8H3;1H,(H,2,3). The predicted molar refractivity (Wildman–Crippen MR) is 130 cm³/mol. The van der Waals surface area contributed by atoms with E-state index in [1.165, 1.54) is 4.57 Å². The molecule has 0 amide bonds. The van der Waals surface area contributed by atoms with E-state index in [0.717, 1.165) is 35.2 Å². The molecule has 1 heterocycles. The van der Waals surface area contributed by atoms with Crippen molar-refractivity contribution in [3.8, 4) is 5.75 Å². The van der Waals surface area contributed by atoms with Gasteiger partial charge in [0.25, 0.3) is 6.47 Å². The van der Waals surface area contributed by atoms with Gasteiger partial charge in [0.15, 0.2) is 0 Å². The van der Waals surface area contributed by atoms with Gasteiger partial charge in [0.2, 0.25) is 0 Å². The van der Waals surface area contributed by atoms with Crippen LogP contribution >= 0.6 is 0 Å². The van der Waals surface area contributed by atoms with Gasteiger partial charge in [-0.1, -0.05) is 13.8 Å². The van der Waals surface area contributed by atoms with Crippen molar-refractivity contribution in [2.24, 2.45) is 10.8 Å². The lowest BCUT2D eigenvalue weighted by Crippen LogP contribution is -2.32. The van der Waals surface area contributed by atoms with Crippen molar-refractivity contribution in [3.63, 3.8) is 0 Å². The highest BCUT2D eigenvalue weighted by Crippen LogP contribution is 2.27. The molecular formula is C25H38N2O7. The summed E-state index contributed by atoms with van der Waals surface area (Å²) >= 11 is 0. The molecule has 2 aromatic rings. The summed E-state index contributed by atoms with van der Waals surface area (Å²) in [6, 6.07) is 5.64. The Morgan fingerprint density at radius 2 is 1.68 bits per heavy atom. The summed E-state index contributed by atoms with van der Waals surface area (Å²) in [6.45, 7) is 10.1. The number of hydrogen-bond donors (Lipinski definition) is 1. The molecule has 190 valence electrons. The zero-order valence-electron chi connectivity index (χ0n) is 21.5. The second-order valence-electron chi connectivity index (χ2n) is 10.1. The lowest BCUT2D eigenvalue weighted by Gasteiger charge is -2.26. The molecule has 0 spiro atoms. The number of aromatic nitrogens is 1. The van der Waals surface area contributed by atoms with Gasteiger partial charge in [0, 0.05) is 23.5 Å². The smallest absolute Gasteiger partial charge is 0.418 e. The third-order valence-electron chi connectivity index (χ3n) is 4.91. The van der Waals surface area contributed by atoms with Crippen molar-refractivity contribution in [3.05, 3.63) is 30.0 Å². The monoisotopic (exact) mass is 478 g/mol. The number of hydrogen-bond acceptors (Lipinski definition) is 7. The Hall–Kier alpha value is -3.07. The molecule has 9 nitrogen and oxygen atoms in total. The number of rotatable bonds is 8. The van der Waals surface area contributed by atoms with Crippen LogP contribution in [0.2, 0.25) is 0 Å². The minimum Gasteiger partial charge on any atom is -0.497 e. The molecule has 1 N–H and O–H groups in total. The third-order valence-corrected chi connectivity index (χ3v) is 4.91.